The van der Waals surface area contributed by atoms with Crippen LogP contribution in [0, 0.1) is 0 Å². The van der Waals surface area contributed by atoms with E-state index in [9.17, 15) is 8.42 Å². The summed E-state index contributed by atoms with van der Waals surface area (Å²) >= 11 is 0. The molecule has 6 heteroatoms. The van der Waals surface area contributed by atoms with E-state index in [2.05, 4.69) is 9.71 Å². The Bertz CT molecular complexity index is 405. The van der Waals surface area contributed by atoms with Gasteiger partial charge < -0.3 is 4.74 Å². The minimum Gasteiger partial charge on any atom is -0.383 e. The molecule has 0 saturated heterocycles. The van der Waals surface area contributed by atoms with Crippen molar-refractivity contribution in [2.75, 3.05) is 19.5 Å². The number of ether oxygens (including phenoxy) is 1. The third kappa shape index (κ3) is 3.88. The Labute approximate surface area is 95.9 Å². The number of methoxy groups -OCH3 is 1. The van der Waals surface area contributed by atoms with Gasteiger partial charge in [0.2, 0.25) is 10.0 Å². The lowest BCUT2D eigenvalue weighted by Gasteiger charge is -2.16. The second kappa shape index (κ2) is 5.93. The summed E-state index contributed by atoms with van der Waals surface area (Å²) < 4.78 is 30.5. The highest BCUT2D eigenvalue weighted by Crippen LogP contribution is 2.11. The molecular weight excluding hydrogens is 228 g/mol. The van der Waals surface area contributed by atoms with Crippen LogP contribution in [-0.2, 0) is 14.8 Å². The molecule has 0 unspecified atom stereocenters. The van der Waals surface area contributed by atoms with Gasteiger partial charge in [-0.15, -0.1) is 0 Å². The van der Waals surface area contributed by atoms with E-state index >= 15 is 0 Å². The van der Waals surface area contributed by atoms with Crippen molar-refractivity contribution in [2.45, 2.75) is 13.0 Å². The van der Waals surface area contributed by atoms with Gasteiger partial charge >= 0.3 is 0 Å². The van der Waals surface area contributed by atoms with Crippen LogP contribution in [0.4, 0.5) is 0 Å². The number of aromatic nitrogens is 1. The van der Waals surface area contributed by atoms with Crippen LogP contribution in [0.3, 0.4) is 0 Å². The van der Waals surface area contributed by atoms with Crippen molar-refractivity contribution in [1.29, 1.82) is 0 Å². The van der Waals surface area contributed by atoms with E-state index in [1.807, 2.05) is 6.07 Å². The lowest BCUT2D eigenvalue weighted by Crippen LogP contribution is -2.32. The molecule has 1 aromatic rings. The Morgan fingerprint density at radius 3 is 2.75 bits per heavy atom. The van der Waals surface area contributed by atoms with Crippen LogP contribution in [0.1, 0.15) is 18.7 Å². The van der Waals surface area contributed by atoms with Crippen LogP contribution in [0.2, 0.25) is 0 Å². The van der Waals surface area contributed by atoms with Gasteiger partial charge in [-0.05, 0) is 19.1 Å². The van der Waals surface area contributed by atoms with E-state index in [1.165, 1.54) is 7.11 Å². The minimum absolute atomic E-state index is 0.0417. The van der Waals surface area contributed by atoms with E-state index in [4.69, 9.17) is 4.74 Å². The zero-order valence-electron chi connectivity index (χ0n) is 9.38. The maximum Gasteiger partial charge on any atom is 0.212 e. The van der Waals surface area contributed by atoms with Crippen LogP contribution in [0.15, 0.2) is 24.4 Å². The summed E-state index contributed by atoms with van der Waals surface area (Å²) in [5.74, 6) is 0.0417. The summed E-state index contributed by atoms with van der Waals surface area (Å²) in [5.41, 5.74) is 0.654. The first-order valence-corrected chi connectivity index (χ1v) is 6.64. The molecule has 1 N–H and O–H groups in total. The molecule has 1 rings (SSSR count). The van der Waals surface area contributed by atoms with Gasteiger partial charge in [0, 0.05) is 13.3 Å². The zero-order valence-corrected chi connectivity index (χ0v) is 10.2. The van der Waals surface area contributed by atoms with Crippen LogP contribution in [0.25, 0.3) is 0 Å². The van der Waals surface area contributed by atoms with E-state index in [0.717, 1.165) is 0 Å². The van der Waals surface area contributed by atoms with Crippen LogP contribution in [0.5, 0.6) is 0 Å². The largest absolute Gasteiger partial charge is 0.383 e. The van der Waals surface area contributed by atoms with Crippen molar-refractivity contribution in [2.24, 2.45) is 0 Å². The van der Waals surface area contributed by atoms with E-state index in [-0.39, 0.29) is 12.4 Å². The van der Waals surface area contributed by atoms with Crippen LogP contribution < -0.4 is 4.72 Å². The first kappa shape index (κ1) is 13.1. The third-order valence-electron chi connectivity index (χ3n) is 2.08. The van der Waals surface area contributed by atoms with Crippen molar-refractivity contribution in [3.63, 3.8) is 0 Å². The Balaban J connectivity index is 2.84. The highest BCUT2D eigenvalue weighted by molar-refractivity contribution is 7.89. The molecule has 0 aliphatic rings. The average Bonchev–Trinajstić information content (AvgIpc) is 2.29. The number of nitrogens with one attached hydrogen (secondary N) is 1. The van der Waals surface area contributed by atoms with Gasteiger partial charge in [0.25, 0.3) is 0 Å². The molecule has 0 spiro atoms. The molecule has 0 fully saturated rings. The van der Waals surface area contributed by atoms with Crippen molar-refractivity contribution < 1.29 is 13.2 Å². The van der Waals surface area contributed by atoms with E-state index < -0.39 is 16.1 Å². The fraction of sp³-hybridized carbons (Fsp3) is 0.500. The molecule has 0 radical (unpaired) electrons. The van der Waals surface area contributed by atoms with Gasteiger partial charge in [0.1, 0.15) is 0 Å². The molecule has 5 nitrogen and oxygen atoms in total. The quantitative estimate of drug-likeness (QED) is 0.800. The predicted molar refractivity (Wildman–Crippen MR) is 61.5 cm³/mol. The molecular formula is C10H16N2O3S. The Kier molecular flexibility index (Phi) is 4.85. The fourth-order valence-corrected chi connectivity index (χ4v) is 2.02. The van der Waals surface area contributed by atoms with E-state index in [1.54, 1.807) is 25.3 Å². The van der Waals surface area contributed by atoms with Gasteiger partial charge in [-0.25, -0.2) is 13.1 Å². The Morgan fingerprint density at radius 1 is 1.50 bits per heavy atom. The number of hydrogen-bond acceptors (Lipinski definition) is 4. The molecule has 0 amide bonds. The lowest BCUT2D eigenvalue weighted by atomic mass is 10.2. The lowest BCUT2D eigenvalue weighted by molar-refractivity contribution is 0.174. The highest BCUT2D eigenvalue weighted by Gasteiger charge is 2.18. The predicted octanol–water partition coefficient (Wildman–Crippen LogP) is 0.708. The average molecular weight is 244 g/mol. The summed E-state index contributed by atoms with van der Waals surface area (Å²) in [5, 5.41) is 0. The monoisotopic (exact) mass is 244 g/mol. The van der Waals surface area contributed by atoms with Gasteiger partial charge in [0.05, 0.1) is 24.1 Å². The maximum atomic E-state index is 11.5. The summed E-state index contributed by atoms with van der Waals surface area (Å²) in [6.07, 6.45) is 1.62. The molecule has 1 aromatic heterocycles. The highest BCUT2D eigenvalue weighted by atomic mass is 32.2. The van der Waals surface area contributed by atoms with Gasteiger partial charge in [-0.2, -0.15) is 0 Å². The number of hydrogen-bond donors (Lipinski definition) is 1. The Morgan fingerprint density at radius 2 is 2.25 bits per heavy atom. The maximum absolute atomic E-state index is 11.5. The van der Waals surface area contributed by atoms with E-state index in [0.29, 0.717) is 5.69 Å². The van der Waals surface area contributed by atoms with Crippen molar-refractivity contribution in [3.05, 3.63) is 30.1 Å². The number of rotatable bonds is 6. The molecule has 90 valence electrons. The SMILES string of the molecule is CCS(=O)(=O)N[C@@H](COC)c1ccccn1. The minimum atomic E-state index is -3.26. The summed E-state index contributed by atoms with van der Waals surface area (Å²) in [7, 11) is -1.74. The van der Waals surface area contributed by atoms with Crippen molar-refractivity contribution >= 4 is 10.0 Å². The van der Waals surface area contributed by atoms with Gasteiger partial charge in [0.15, 0.2) is 0 Å². The number of pyridine rings is 1. The molecule has 1 atom stereocenters. The first-order chi connectivity index (χ1) is 7.59. The smallest absolute Gasteiger partial charge is 0.212 e. The standard InChI is InChI=1S/C10H16N2O3S/c1-3-16(13,14)12-10(8-15-2)9-6-4-5-7-11-9/h4-7,10,12H,3,8H2,1-2H3/t10-/m0/s1. The van der Waals surface area contributed by atoms with Crippen LogP contribution in [-0.4, -0.2) is 32.9 Å². The second-order valence-corrected chi connectivity index (χ2v) is 5.33. The molecule has 0 saturated carbocycles. The molecule has 0 bridgehead atoms. The number of sulfonamides is 1. The molecule has 0 aliphatic carbocycles. The van der Waals surface area contributed by atoms with Gasteiger partial charge in [-0.1, -0.05) is 6.07 Å². The van der Waals surface area contributed by atoms with Gasteiger partial charge in [-0.3, -0.25) is 4.98 Å². The second-order valence-electron chi connectivity index (χ2n) is 3.28. The van der Waals surface area contributed by atoms with Crippen molar-refractivity contribution in [1.82, 2.24) is 9.71 Å². The summed E-state index contributed by atoms with van der Waals surface area (Å²) in [6, 6.07) is 4.92. The first-order valence-electron chi connectivity index (χ1n) is 4.99. The molecule has 0 aliphatic heterocycles. The normalized spacial score (nSPS) is 13.6. The molecule has 16 heavy (non-hydrogen) atoms. The topological polar surface area (TPSA) is 68.3 Å². The zero-order chi connectivity index (χ0) is 12.0. The fourth-order valence-electron chi connectivity index (χ4n) is 1.23. The third-order valence-corrected chi connectivity index (χ3v) is 3.48. The summed E-state index contributed by atoms with van der Waals surface area (Å²) in [6.45, 7) is 1.85. The Hall–Kier alpha value is -0.980. The summed E-state index contributed by atoms with van der Waals surface area (Å²) in [4.78, 5) is 4.11. The molecule has 1 heterocycles. The number of nitrogens with zero attached hydrogens (tertiary/aromatic N) is 1. The molecule has 0 aromatic carbocycles. The van der Waals surface area contributed by atoms with Crippen LogP contribution >= 0.6 is 0 Å². The van der Waals surface area contributed by atoms with Crippen molar-refractivity contribution in [3.8, 4) is 0 Å².